The van der Waals surface area contributed by atoms with E-state index in [1.54, 1.807) is 12.1 Å². The molecule has 5 nitrogen and oxygen atoms in total. The average Bonchev–Trinajstić information content (AvgIpc) is 3.16. The first-order valence-corrected chi connectivity index (χ1v) is 9.26. The van der Waals surface area contributed by atoms with Crippen LogP contribution in [0.3, 0.4) is 0 Å². The second-order valence-corrected chi connectivity index (χ2v) is 6.51. The molecule has 1 aromatic heterocycles. The molecule has 28 heavy (non-hydrogen) atoms. The molecule has 0 atom stereocenters. The molecule has 0 spiro atoms. The highest BCUT2D eigenvalue weighted by atomic mass is 16.5. The largest absolute Gasteiger partial charge is 0.489 e. The van der Waals surface area contributed by atoms with Gasteiger partial charge in [-0.1, -0.05) is 48.5 Å². The number of ether oxygens (including phenoxy) is 1. The van der Waals surface area contributed by atoms with Crippen LogP contribution in [0.25, 0.3) is 11.0 Å². The van der Waals surface area contributed by atoms with Gasteiger partial charge >= 0.3 is 0 Å². The van der Waals surface area contributed by atoms with E-state index in [-0.39, 0.29) is 5.91 Å². The Morgan fingerprint density at radius 3 is 2.64 bits per heavy atom. The number of hydrogen-bond acceptors (Lipinski definition) is 3. The van der Waals surface area contributed by atoms with Crippen molar-refractivity contribution >= 4 is 16.9 Å². The van der Waals surface area contributed by atoms with E-state index < -0.39 is 0 Å². The smallest absolute Gasteiger partial charge is 0.251 e. The standard InChI is InChI=1S/C23H21N3O2/c27-23(24-14-13-22-25-20-11-4-5-12-21(20)26-22)18-9-6-10-19(15-18)28-16-17-7-2-1-3-8-17/h1-12,15H,13-14,16H2,(H,24,27)(H,25,26). The molecule has 4 aromatic rings. The van der Waals surface area contributed by atoms with Crippen LogP contribution >= 0.6 is 0 Å². The number of aromatic nitrogens is 2. The summed E-state index contributed by atoms with van der Waals surface area (Å²) in [5, 5.41) is 2.94. The van der Waals surface area contributed by atoms with E-state index in [0.29, 0.717) is 30.9 Å². The molecular weight excluding hydrogens is 350 g/mol. The molecule has 0 saturated heterocycles. The molecule has 2 N–H and O–H groups in total. The first-order chi connectivity index (χ1) is 13.8. The van der Waals surface area contributed by atoms with Crippen molar-refractivity contribution in [3.63, 3.8) is 0 Å². The summed E-state index contributed by atoms with van der Waals surface area (Å²) in [7, 11) is 0. The Bertz CT molecular complexity index is 1040. The Kier molecular flexibility index (Phi) is 5.33. The molecule has 0 unspecified atom stereocenters. The maximum absolute atomic E-state index is 12.4. The molecule has 0 aliphatic rings. The second kappa shape index (κ2) is 8.39. The molecule has 0 aliphatic heterocycles. The quantitative estimate of drug-likeness (QED) is 0.514. The molecule has 5 heteroatoms. The molecule has 140 valence electrons. The van der Waals surface area contributed by atoms with E-state index >= 15 is 0 Å². The lowest BCUT2D eigenvalue weighted by Crippen LogP contribution is -2.25. The Labute approximate surface area is 163 Å². The van der Waals surface area contributed by atoms with Crippen molar-refractivity contribution in [3.05, 3.63) is 95.8 Å². The van der Waals surface area contributed by atoms with Crippen molar-refractivity contribution in [2.45, 2.75) is 13.0 Å². The summed E-state index contributed by atoms with van der Waals surface area (Å²) in [6, 6.07) is 25.1. The number of carbonyl (C=O) groups excluding carboxylic acids is 1. The molecule has 0 radical (unpaired) electrons. The molecule has 3 aromatic carbocycles. The number of nitrogens with zero attached hydrogens (tertiary/aromatic N) is 1. The normalized spacial score (nSPS) is 10.7. The number of carbonyl (C=O) groups is 1. The predicted molar refractivity (Wildman–Crippen MR) is 109 cm³/mol. The van der Waals surface area contributed by atoms with Crippen molar-refractivity contribution in [1.82, 2.24) is 15.3 Å². The van der Waals surface area contributed by atoms with E-state index in [1.165, 1.54) is 0 Å². The number of benzene rings is 3. The number of amides is 1. The van der Waals surface area contributed by atoms with Crippen molar-refractivity contribution in [3.8, 4) is 5.75 Å². The van der Waals surface area contributed by atoms with E-state index in [4.69, 9.17) is 4.74 Å². The monoisotopic (exact) mass is 371 g/mol. The van der Waals surface area contributed by atoms with Crippen LogP contribution < -0.4 is 10.1 Å². The number of para-hydroxylation sites is 2. The van der Waals surface area contributed by atoms with Crippen LogP contribution in [-0.2, 0) is 13.0 Å². The van der Waals surface area contributed by atoms with Gasteiger partial charge in [0.2, 0.25) is 0 Å². The molecule has 4 rings (SSSR count). The topological polar surface area (TPSA) is 67.0 Å². The summed E-state index contributed by atoms with van der Waals surface area (Å²) < 4.78 is 5.80. The summed E-state index contributed by atoms with van der Waals surface area (Å²) in [5.74, 6) is 1.41. The third-order valence-corrected chi connectivity index (χ3v) is 4.43. The second-order valence-electron chi connectivity index (χ2n) is 6.51. The Morgan fingerprint density at radius 1 is 0.964 bits per heavy atom. The van der Waals surface area contributed by atoms with Crippen molar-refractivity contribution in [1.29, 1.82) is 0 Å². The van der Waals surface area contributed by atoms with Crippen LogP contribution in [-0.4, -0.2) is 22.4 Å². The zero-order chi connectivity index (χ0) is 19.2. The summed E-state index contributed by atoms with van der Waals surface area (Å²) in [6.07, 6.45) is 0.643. The number of nitrogens with one attached hydrogen (secondary N) is 2. The fourth-order valence-electron chi connectivity index (χ4n) is 2.99. The van der Waals surface area contributed by atoms with Crippen molar-refractivity contribution in [2.75, 3.05) is 6.54 Å². The van der Waals surface area contributed by atoms with Gasteiger partial charge in [0.15, 0.2) is 0 Å². The number of rotatable bonds is 7. The van der Waals surface area contributed by atoms with Gasteiger partial charge in [0.05, 0.1) is 11.0 Å². The lowest BCUT2D eigenvalue weighted by Gasteiger charge is -2.09. The van der Waals surface area contributed by atoms with Gasteiger partial charge in [-0.25, -0.2) is 4.98 Å². The minimum absolute atomic E-state index is 0.124. The van der Waals surface area contributed by atoms with Gasteiger partial charge in [0.25, 0.3) is 5.91 Å². The van der Waals surface area contributed by atoms with Gasteiger partial charge in [0, 0.05) is 18.5 Å². The molecule has 0 fully saturated rings. The molecule has 0 aliphatic carbocycles. The Balaban J connectivity index is 1.31. The first kappa shape index (κ1) is 17.8. The molecule has 0 bridgehead atoms. The Morgan fingerprint density at radius 2 is 1.79 bits per heavy atom. The summed E-state index contributed by atoms with van der Waals surface area (Å²) in [4.78, 5) is 20.2. The van der Waals surface area contributed by atoms with E-state index in [0.717, 1.165) is 22.4 Å². The fraction of sp³-hybridized carbons (Fsp3) is 0.130. The zero-order valence-electron chi connectivity index (χ0n) is 15.4. The van der Waals surface area contributed by atoms with Crippen LogP contribution in [0.2, 0.25) is 0 Å². The highest BCUT2D eigenvalue weighted by Crippen LogP contribution is 2.15. The minimum Gasteiger partial charge on any atom is -0.489 e. The average molecular weight is 371 g/mol. The van der Waals surface area contributed by atoms with Gasteiger partial charge in [-0.3, -0.25) is 4.79 Å². The maximum Gasteiger partial charge on any atom is 0.251 e. The van der Waals surface area contributed by atoms with E-state index in [2.05, 4.69) is 15.3 Å². The third kappa shape index (κ3) is 4.38. The fourth-order valence-corrected chi connectivity index (χ4v) is 2.99. The summed E-state index contributed by atoms with van der Waals surface area (Å²) in [6.45, 7) is 0.978. The minimum atomic E-state index is -0.124. The third-order valence-electron chi connectivity index (χ3n) is 4.43. The number of aromatic amines is 1. The zero-order valence-corrected chi connectivity index (χ0v) is 15.4. The van der Waals surface area contributed by atoms with Crippen molar-refractivity contribution < 1.29 is 9.53 Å². The maximum atomic E-state index is 12.4. The lowest BCUT2D eigenvalue weighted by molar-refractivity contribution is 0.0953. The van der Waals surface area contributed by atoms with Gasteiger partial charge in [0.1, 0.15) is 18.2 Å². The summed E-state index contributed by atoms with van der Waals surface area (Å²) >= 11 is 0. The number of H-pyrrole nitrogens is 1. The van der Waals surface area contributed by atoms with Gasteiger partial charge in [-0.15, -0.1) is 0 Å². The highest BCUT2D eigenvalue weighted by molar-refractivity contribution is 5.94. The van der Waals surface area contributed by atoms with Gasteiger partial charge < -0.3 is 15.0 Å². The Hall–Kier alpha value is -3.60. The summed E-state index contributed by atoms with van der Waals surface area (Å²) in [5.41, 5.74) is 3.61. The van der Waals surface area contributed by atoms with E-state index in [1.807, 2.05) is 66.7 Å². The highest BCUT2D eigenvalue weighted by Gasteiger charge is 2.08. The van der Waals surface area contributed by atoms with Crippen LogP contribution in [0.5, 0.6) is 5.75 Å². The number of fused-ring (bicyclic) bond motifs is 1. The van der Waals surface area contributed by atoms with Crippen LogP contribution in [0.15, 0.2) is 78.9 Å². The van der Waals surface area contributed by atoms with Gasteiger partial charge in [-0.2, -0.15) is 0 Å². The first-order valence-electron chi connectivity index (χ1n) is 9.26. The van der Waals surface area contributed by atoms with E-state index in [9.17, 15) is 4.79 Å². The number of hydrogen-bond donors (Lipinski definition) is 2. The molecule has 1 amide bonds. The van der Waals surface area contributed by atoms with Crippen molar-refractivity contribution in [2.24, 2.45) is 0 Å². The molecule has 0 saturated carbocycles. The lowest BCUT2D eigenvalue weighted by atomic mass is 10.2. The molecule has 1 heterocycles. The SMILES string of the molecule is O=C(NCCc1nc2ccccc2[nH]1)c1cccc(OCc2ccccc2)c1. The van der Waals surface area contributed by atoms with Crippen LogP contribution in [0.4, 0.5) is 0 Å². The van der Waals surface area contributed by atoms with Crippen LogP contribution in [0.1, 0.15) is 21.7 Å². The molecular formula is C23H21N3O2. The predicted octanol–water partition coefficient (Wildman–Crippen LogP) is 4.11. The van der Waals surface area contributed by atoms with Crippen LogP contribution in [0, 0.1) is 0 Å². The number of imidazole rings is 1. The van der Waals surface area contributed by atoms with Gasteiger partial charge in [-0.05, 0) is 35.9 Å².